The van der Waals surface area contributed by atoms with Gasteiger partial charge in [0, 0.05) is 12.5 Å². The predicted molar refractivity (Wildman–Crippen MR) is 48.6 cm³/mol. The van der Waals surface area contributed by atoms with Crippen molar-refractivity contribution in [3.8, 4) is 0 Å². The summed E-state index contributed by atoms with van der Waals surface area (Å²) in [5.41, 5.74) is 0.332. The van der Waals surface area contributed by atoms with E-state index in [9.17, 15) is 10.1 Å². The van der Waals surface area contributed by atoms with Gasteiger partial charge >= 0.3 is 5.69 Å². The van der Waals surface area contributed by atoms with Crippen LogP contribution in [0.15, 0.2) is 6.20 Å². The number of rotatable bonds is 1. The molecule has 0 bridgehead atoms. The van der Waals surface area contributed by atoms with E-state index in [0.29, 0.717) is 5.69 Å². The predicted octanol–water partition coefficient (Wildman–Crippen LogP) is 1.63. The molecule has 1 aromatic heterocycles. The molecule has 1 heterocycles. The maximum absolute atomic E-state index is 10.6. The summed E-state index contributed by atoms with van der Waals surface area (Å²) in [5.74, 6) is 0. The Balaban J connectivity index is 3.28. The highest BCUT2D eigenvalue weighted by molar-refractivity contribution is 5.37. The molecule has 0 aliphatic rings. The van der Waals surface area contributed by atoms with Gasteiger partial charge in [-0.05, 0) is 0 Å². The fourth-order valence-corrected chi connectivity index (χ4v) is 1.14. The van der Waals surface area contributed by atoms with Gasteiger partial charge in [0.05, 0.1) is 4.92 Å². The minimum Gasteiger partial charge on any atom is -0.268 e. The number of aryl methyl sites for hydroxylation is 1. The first kappa shape index (κ1) is 9.70. The van der Waals surface area contributed by atoms with Crippen LogP contribution in [0.3, 0.4) is 0 Å². The molecule has 0 N–H and O–H groups in total. The number of hydrogen-bond acceptors (Lipinski definition) is 3. The van der Waals surface area contributed by atoms with Crippen molar-refractivity contribution in [1.82, 2.24) is 9.78 Å². The molecule has 5 heteroatoms. The molecule has 0 aromatic carbocycles. The van der Waals surface area contributed by atoms with Gasteiger partial charge in [0.25, 0.3) is 0 Å². The summed E-state index contributed by atoms with van der Waals surface area (Å²) in [5, 5.41) is 14.7. The van der Waals surface area contributed by atoms with Gasteiger partial charge in [-0.3, -0.25) is 14.8 Å². The van der Waals surface area contributed by atoms with E-state index in [1.165, 1.54) is 10.9 Å². The Labute approximate surface area is 76.5 Å². The molecular weight excluding hydrogens is 170 g/mol. The van der Waals surface area contributed by atoms with Crippen LogP contribution in [0, 0.1) is 10.1 Å². The zero-order valence-corrected chi connectivity index (χ0v) is 8.24. The minimum atomic E-state index is -0.395. The third-order valence-electron chi connectivity index (χ3n) is 1.72. The molecule has 1 aromatic rings. The van der Waals surface area contributed by atoms with E-state index in [4.69, 9.17) is 0 Å². The highest BCUT2D eigenvalue weighted by Gasteiger charge is 2.28. The molecule has 13 heavy (non-hydrogen) atoms. The Bertz CT molecular complexity index is 336. The maximum Gasteiger partial charge on any atom is 0.310 e. The highest BCUT2D eigenvalue weighted by Crippen LogP contribution is 2.28. The van der Waals surface area contributed by atoms with Crippen molar-refractivity contribution in [2.24, 2.45) is 7.05 Å². The lowest BCUT2D eigenvalue weighted by Crippen LogP contribution is -2.14. The van der Waals surface area contributed by atoms with Gasteiger partial charge in [0.15, 0.2) is 0 Å². The van der Waals surface area contributed by atoms with Gasteiger partial charge in [-0.1, -0.05) is 20.8 Å². The van der Waals surface area contributed by atoms with E-state index in [-0.39, 0.29) is 11.1 Å². The number of nitro groups is 1. The third-order valence-corrected chi connectivity index (χ3v) is 1.72. The van der Waals surface area contributed by atoms with Gasteiger partial charge in [0.1, 0.15) is 11.9 Å². The normalized spacial score (nSPS) is 11.7. The topological polar surface area (TPSA) is 61.0 Å². The van der Waals surface area contributed by atoms with Crippen molar-refractivity contribution in [2.75, 3.05) is 0 Å². The standard InChI is InChI=1S/C8H13N3O2/c1-8(2,3)7-6(11(12)13)5-10(4)9-7/h5H,1-4H3. The number of nitrogens with zero attached hydrogens (tertiary/aromatic N) is 3. The van der Waals surface area contributed by atoms with E-state index in [0.717, 1.165) is 0 Å². The second-order valence-corrected chi connectivity index (χ2v) is 4.04. The molecule has 0 saturated carbocycles. The van der Waals surface area contributed by atoms with E-state index >= 15 is 0 Å². The monoisotopic (exact) mass is 183 g/mol. The summed E-state index contributed by atoms with van der Waals surface area (Å²) in [6, 6.07) is 0. The van der Waals surface area contributed by atoms with Crippen molar-refractivity contribution >= 4 is 5.69 Å². The summed E-state index contributed by atoms with van der Waals surface area (Å²) in [6.45, 7) is 5.72. The summed E-state index contributed by atoms with van der Waals surface area (Å²) in [7, 11) is 1.68. The van der Waals surface area contributed by atoms with Crippen LogP contribution in [0.2, 0.25) is 0 Å². The molecule has 0 aliphatic heterocycles. The molecule has 0 amide bonds. The van der Waals surface area contributed by atoms with E-state index in [1.807, 2.05) is 20.8 Å². The molecule has 0 radical (unpaired) electrons. The Morgan fingerprint density at radius 3 is 2.38 bits per heavy atom. The average molecular weight is 183 g/mol. The first-order chi connectivity index (χ1) is 5.82. The first-order valence-electron chi connectivity index (χ1n) is 4.01. The number of aromatic nitrogens is 2. The summed E-state index contributed by atoms with van der Waals surface area (Å²) in [6.07, 6.45) is 1.43. The van der Waals surface area contributed by atoms with Gasteiger partial charge in [0.2, 0.25) is 0 Å². The zero-order chi connectivity index (χ0) is 10.2. The molecular formula is C8H13N3O2. The summed E-state index contributed by atoms with van der Waals surface area (Å²) in [4.78, 5) is 10.2. The van der Waals surface area contributed by atoms with Crippen LogP contribution in [0.5, 0.6) is 0 Å². The molecule has 72 valence electrons. The fourth-order valence-electron chi connectivity index (χ4n) is 1.14. The quantitative estimate of drug-likeness (QED) is 0.491. The lowest BCUT2D eigenvalue weighted by atomic mass is 9.91. The van der Waals surface area contributed by atoms with Gasteiger partial charge in [-0.25, -0.2) is 0 Å². The Morgan fingerprint density at radius 1 is 1.54 bits per heavy atom. The van der Waals surface area contributed by atoms with E-state index in [1.54, 1.807) is 7.05 Å². The van der Waals surface area contributed by atoms with Gasteiger partial charge < -0.3 is 0 Å². The van der Waals surface area contributed by atoms with Crippen LogP contribution in [0.4, 0.5) is 5.69 Å². The van der Waals surface area contributed by atoms with Crippen molar-refractivity contribution in [1.29, 1.82) is 0 Å². The van der Waals surface area contributed by atoms with Crippen LogP contribution >= 0.6 is 0 Å². The van der Waals surface area contributed by atoms with Crippen LogP contribution in [-0.4, -0.2) is 14.7 Å². The van der Waals surface area contributed by atoms with Crippen molar-refractivity contribution in [3.05, 3.63) is 22.0 Å². The van der Waals surface area contributed by atoms with Gasteiger partial charge in [-0.2, -0.15) is 5.10 Å². The molecule has 0 aliphatic carbocycles. The SMILES string of the molecule is Cn1cc([N+](=O)[O-])c(C(C)(C)C)n1. The third kappa shape index (κ3) is 1.85. The summed E-state index contributed by atoms with van der Waals surface area (Å²) < 4.78 is 1.47. The van der Waals surface area contributed by atoms with Crippen molar-refractivity contribution in [2.45, 2.75) is 26.2 Å². The molecule has 5 nitrogen and oxygen atoms in total. The zero-order valence-electron chi connectivity index (χ0n) is 8.24. The van der Waals surface area contributed by atoms with Crippen LogP contribution in [0.1, 0.15) is 26.5 Å². The fraction of sp³-hybridized carbons (Fsp3) is 0.625. The molecule has 0 fully saturated rings. The van der Waals surface area contributed by atoms with Crippen molar-refractivity contribution in [3.63, 3.8) is 0 Å². The Kier molecular flexibility index (Phi) is 2.11. The lowest BCUT2D eigenvalue weighted by Gasteiger charge is -2.13. The van der Waals surface area contributed by atoms with Crippen LogP contribution in [0.25, 0.3) is 0 Å². The Hall–Kier alpha value is -1.39. The molecule has 0 spiro atoms. The second kappa shape index (κ2) is 2.83. The van der Waals surface area contributed by atoms with Crippen LogP contribution in [-0.2, 0) is 12.5 Å². The lowest BCUT2D eigenvalue weighted by molar-refractivity contribution is -0.386. The Morgan fingerprint density at radius 2 is 2.08 bits per heavy atom. The van der Waals surface area contributed by atoms with Crippen molar-refractivity contribution < 1.29 is 4.92 Å². The van der Waals surface area contributed by atoms with Crippen LogP contribution < -0.4 is 0 Å². The molecule has 1 rings (SSSR count). The second-order valence-electron chi connectivity index (χ2n) is 4.04. The highest BCUT2D eigenvalue weighted by atomic mass is 16.6. The van der Waals surface area contributed by atoms with E-state index in [2.05, 4.69) is 5.10 Å². The van der Waals surface area contributed by atoms with E-state index < -0.39 is 4.92 Å². The maximum atomic E-state index is 10.6. The molecule has 0 atom stereocenters. The number of hydrogen-bond donors (Lipinski definition) is 0. The van der Waals surface area contributed by atoms with Gasteiger partial charge in [-0.15, -0.1) is 0 Å². The minimum absolute atomic E-state index is 0.0926. The molecule has 0 unspecified atom stereocenters. The summed E-state index contributed by atoms with van der Waals surface area (Å²) >= 11 is 0. The largest absolute Gasteiger partial charge is 0.310 e. The smallest absolute Gasteiger partial charge is 0.268 e. The molecule has 0 saturated heterocycles. The first-order valence-corrected chi connectivity index (χ1v) is 4.01. The average Bonchev–Trinajstić information content (AvgIpc) is 2.29.